The number of halogens is 2. The summed E-state index contributed by atoms with van der Waals surface area (Å²) in [5, 5.41) is 9.97. The summed E-state index contributed by atoms with van der Waals surface area (Å²) in [6.07, 6.45) is 0.365. The molecule has 3 N–H and O–H groups in total. The van der Waals surface area contributed by atoms with Crippen LogP contribution in [0.4, 0.5) is 0 Å². The monoisotopic (exact) mass is 297 g/mol. The Morgan fingerprint density at radius 1 is 1.71 bits per heavy atom. The summed E-state index contributed by atoms with van der Waals surface area (Å²) >= 11 is 10.6. The third kappa shape index (κ3) is 2.70. The minimum Gasteiger partial charge on any atom is -0.387 e. The molecule has 2 unspecified atom stereocenters. The van der Waals surface area contributed by atoms with Crippen molar-refractivity contribution in [1.82, 2.24) is 0 Å². The molecule has 0 saturated heterocycles. The minimum absolute atomic E-state index is 0.108. The first-order valence-corrected chi connectivity index (χ1v) is 6.41. The van der Waals surface area contributed by atoms with Crippen LogP contribution in [0.1, 0.15) is 24.3 Å². The summed E-state index contributed by atoms with van der Waals surface area (Å²) in [7, 11) is 0. The second-order valence-corrected chi connectivity index (χ2v) is 5.66. The van der Waals surface area contributed by atoms with E-state index in [-0.39, 0.29) is 5.92 Å². The van der Waals surface area contributed by atoms with Crippen LogP contribution in [0.5, 0.6) is 0 Å². The van der Waals surface area contributed by atoms with Crippen LogP contribution in [-0.4, -0.2) is 11.7 Å². The summed E-state index contributed by atoms with van der Waals surface area (Å²) in [6.45, 7) is 2.51. The molecule has 0 aliphatic heterocycles. The van der Waals surface area contributed by atoms with E-state index < -0.39 is 6.10 Å². The van der Waals surface area contributed by atoms with Crippen molar-refractivity contribution in [3.05, 3.63) is 19.8 Å². The third-order valence-electron chi connectivity index (χ3n) is 2.23. The fourth-order valence-corrected chi connectivity index (χ4v) is 3.08. The van der Waals surface area contributed by atoms with Crippen molar-refractivity contribution in [2.45, 2.75) is 19.4 Å². The zero-order chi connectivity index (χ0) is 10.7. The Morgan fingerprint density at radius 3 is 2.71 bits per heavy atom. The largest absolute Gasteiger partial charge is 0.387 e. The highest BCUT2D eigenvalue weighted by atomic mass is 79.9. The first kappa shape index (κ1) is 12.5. The highest BCUT2D eigenvalue weighted by molar-refractivity contribution is 9.10. The summed E-state index contributed by atoms with van der Waals surface area (Å²) in [6, 6.07) is 1.86. The predicted octanol–water partition coefficient (Wildman–Crippen LogP) is 3.18. The molecule has 1 aromatic rings. The van der Waals surface area contributed by atoms with E-state index in [0.717, 1.165) is 15.8 Å². The lowest BCUT2D eigenvalue weighted by Crippen LogP contribution is -2.20. The molecule has 1 rings (SSSR count). The molecular weight excluding hydrogens is 286 g/mol. The topological polar surface area (TPSA) is 46.2 Å². The van der Waals surface area contributed by atoms with Crippen molar-refractivity contribution < 1.29 is 5.11 Å². The number of nitrogens with two attached hydrogens (primary N) is 1. The van der Waals surface area contributed by atoms with Gasteiger partial charge in [-0.2, -0.15) is 0 Å². The van der Waals surface area contributed by atoms with E-state index in [2.05, 4.69) is 15.9 Å². The van der Waals surface area contributed by atoms with Gasteiger partial charge in [-0.25, -0.2) is 0 Å². The molecule has 2 atom stereocenters. The SMILES string of the molecule is CCC(CN)C(O)c1cc(Br)c(Cl)s1. The molecule has 0 spiro atoms. The minimum atomic E-state index is -0.501. The highest BCUT2D eigenvalue weighted by Gasteiger charge is 2.20. The van der Waals surface area contributed by atoms with Gasteiger partial charge in [0.05, 0.1) is 6.10 Å². The Labute approximate surface area is 101 Å². The maximum absolute atomic E-state index is 9.97. The lowest BCUT2D eigenvalue weighted by molar-refractivity contribution is 0.113. The van der Waals surface area contributed by atoms with Gasteiger partial charge in [0.2, 0.25) is 0 Å². The van der Waals surface area contributed by atoms with Crippen LogP contribution >= 0.6 is 38.9 Å². The molecular formula is C9H13BrClNOS. The fourth-order valence-electron chi connectivity index (χ4n) is 1.26. The van der Waals surface area contributed by atoms with Crippen LogP contribution in [0.25, 0.3) is 0 Å². The molecule has 1 aromatic heterocycles. The van der Waals surface area contributed by atoms with E-state index in [1.54, 1.807) is 0 Å². The van der Waals surface area contributed by atoms with Crippen LogP contribution in [0.3, 0.4) is 0 Å². The summed E-state index contributed by atoms with van der Waals surface area (Å²) < 4.78 is 1.51. The molecule has 0 saturated carbocycles. The molecule has 2 nitrogen and oxygen atoms in total. The Bertz CT molecular complexity index is 282. The Balaban J connectivity index is 2.82. The summed E-state index contributed by atoms with van der Waals surface area (Å²) in [5.74, 6) is 0.108. The van der Waals surface area contributed by atoms with Crippen molar-refractivity contribution in [2.24, 2.45) is 11.7 Å². The lowest BCUT2D eigenvalue weighted by atomic mass is 9.99. The average molecular weight is 299 g/mol. The molecule has 0 aromatic carbocycles. The first-order valence-electron chi connectivity index (χ1n) is 4.43. The normalized spacial score (nSPS) is 15.5. The number of aliphatic hydroxyl groups is 1. The van der Waals surface area contributed by atoms with E-state index in [1.165, 1.54) is 11.3 Å². The Morgan fingerprint density at radius 2 is 2.36 bits per heavy atom. The van der Waals surface area contributed by atoms with Gasteiger partial charge < -0.3 is 10.8 Å². The van der Waals surface area contributed by atoms with Crippen molar-refractivity contribution in [2.75, 3.05) is 6.54 Å². The first-order chi connectivity index (χ1) is 6.60. The molecule has 0 aliphatic rings. The van der Waals surface area contributed by atoms with Gasteiger partial charge in [0.15, 0.2) is 0 Å². The molecule has 0 aliphatic carbocycles. The summed E-state index contributed by atoms with van der Waals surface area (Å²) in [5.41, 5.74) is 5.57. The van der Waals surface area contributed by atoms with Gasteiger partial charge in [-0.05, 0) is 35.0 Å². The average Bonchev–Trinajstić information content (AvgIpc) is 2.49. The molecule has 0 fully saturated rings. The molecule has 0 radical (unpaired) electrons. The van der Waals surface area contributed by atoms with Crippen LogP contribution in [0.15, 0.2) is 10.5 Å². The van der Waals surface area contributed by atoms with Gasteiger partial charge in [0.1, 0.15) is 4.34 Å². The standard InChI is InChI=1S/C9H13BrClNOS/c1-2-5(4-12)8(13)7-3-6(10)9(11)14-7/h3,5,8,13H,2,4,12H2,1H3. The highest BCUT2D eigenvalue weighted by Crippen LogP contribution is 2.37. The van der Waals surface area contributed by atoms with E-state index in [4.69, 9.17) is 17.3 Å². The number of hydrogen-bond donors (Lipinski definition) is 2. The van der Waals surface area contributed by atoms with Crippen LogP contribution < -0.4 is 5.73 Å². The zero-order valence-corrected chi connectivity index (χ0v) is 11.0. The molecule has 14 heavy (non-hydrogen) atoms. The van der Waals surface area contributed by atoms with E-state index in [9.17, 15) is 5.11 Å². The maximum atomic E-state index is 9.97. The van der Waals surface area contributed by atoms with Gasteiger partial charge in [-0.3, -0.25) is 0 Å². The Kier molecular flexibility index (Phi) is 4.87. The molecule has 0 amide bonds. The molecule has 80 valence electrons. The smallest absolute Gasteiger partial charge is 0.107 e. The summed E-state index contributed by atoms with van der Waals surface area (Å²) in [4.78, 5) is 0.874. The van der Waals surface area contributed by atoms with Crippen LogP contribution in [0.2, 0.25) is 4.34 Å². The van der Waals surface area contributed by atoms with Gasteiger partial charge in [-0.1, -0.05) is 18.5 Å². The lowest BCUT2D eigenvalue weighted by Gasteiger charge is -2.18. The Hall–Kier alpha value is 0.390. The second-order valence-electron chi connectivity index (χ2n) is 3.12. The van der Waals surface area contributed by atoms with E-state index >= 15 is 0 Å². The van der Waals surface area contributed by atoms with E-state index in [1.807, 2.05) is 13.0 Å². The van der Waals surface area contributed by atoms with Gasteiger partial charge in [-0.15, -0.1) is 11.3 Å². The number of thiophene rings is 1. The number of rotatable bonds is 4. The van der Waals surface area contributed by atoms with Crippen LogP contribution in [-0.2, 0) is 0 Å². The van der Waals surface area contributed by atoms with Gasteiger partial charge >= 0.3 is 0 Å². The quantitative estimate of drug-likeness (QED) is 0.897. The van der Waals surface area contributed by atoms with Gasteiger partial charge in [0.25, 0.3) is 0 Å². The van der Waals surface area contributed by atoms with Crippen molar-refractivity contribution in [3.8, 4) is 0 Å². The predicted molar refractivity (Wildman–Crippen MR) is 64.8 cm³/mol. The van der Waals surface area contributed by atoms with Crippen LogP contribution in [0, 0.1) is 5.92 Å². The van der Waals surface area contributed by atoms with Crippen molar-refractivity contribution >= 4 is 38.9 Å². The number of hydrogen-bond acceptors (Lipinski definition) is 3. The molecule has 5 heteroatoms. The zero-order valence-electron chi connectivity index (χ0n) is 7.84. The number of aliphatic hydroxyl groups excluding tert-OH is 1. The van der Waals surface area contributed by atoms with Crippen molar-refractivity contribution in [1.29, 1.82) is 0 Å². The maximum Gasteiger partial charge on any atom is 0.107 e. The third-order valence-corrected chi connectivity index (χ3v) is 4.77. The fraction of sp³-hybridized carbons (Fsp3) is 0.556. The molecule has 1 heterocycles. The van der Waals surface area contributed by atoms with Gasteiger partial charge in [0, 0.05) is 15.3 Å². The molecule has 0 bridgehead atoms. The second kappa shape index (κ2) is 5.47. The van der Waals surface area contributed by atoms with E-state index in [0.29, 0.717) is 10.9 Å². The van der Waals surface area contributed by atoms with Crippen molar-refractivity contribution in [3.63, 3.8) is 0 Å².